The summed E-state index contributed by atoms with van der Waals surface area (Å²) in [6.07, 6.45) is 1.12. The number of anilines is 1. The molecule has 1 amide bonds. The Morgan fingerprint density at radius 3 is 3.00 bits per heavy atom. The maximum Gasteiger partial charge on any atom is 0.253 e. The number of carbonyl (C=O) groups is 1. The summed E-state index contributed by atoms with van der Waals surface area (Å²) in [6, 6.07) is 5.39. The van der Waals surface area contributed by atoms with Crippen molar-refractivity contribution in [2.75, 3.05) is 19.0 Å². The van der Waals surface area contributed by atoms with Crippen LogP contribution in [-0.2, 0) is 9.53 Å². The molecule has 3 N–H and O–H groups in total. The van der Waals surface area contributed by atoms with Crippen LogP contribution < -0.4 is 15.8 Å². The third-order valence-corrected chi connectivity index (χ3v) is 3.74. The Hall–Kier alpha value is -1.11. The lowest BCUT2D eigenvalue weighted by Crippen LogP contribution is -2.29. The number of nitrogens with one attached hydrogen (secondary N) is 1. The highest BCUT2D eigenvalue weighted by atomic mass is 79.9. The molecule has 1 aromatic rings. The van der Waals surface area contributed by atoms with Gasteiger partial charge in [-0.05, 0) is 40.9 Å². The topological polar surface area (TPSA) is 73.6 Å². The highest BCUT2D eigenvalue weighted by Crippen LogP contribution is 2.28. The van der Waals surface area contributed by atoms with Gasteiger partial charge in [-0.15, -0.1) is 0 Å². The van der Waals surface area contributed by atoms with Gasteiger partial charge in [-0.1, -0.05) is 0 Å². The summed E-state index contributed by atoms with van der Waals surface area (Å²) < 4.78 is 11.6. The third kappa shape index (κ3) is 3.46. The van der Waals surface area contributed by atoms with E-state index in [-0.39, 0.29) is 12.0 Å². The minimum Gasteiger partial charge on any atom is -0.495 e. The highest BCUT2D eigenvalue weighted by molar-refractivity contribution is 9.10. The molecular weight excluding hydrogens is 312 g/mol. The molecule has 104 valence electrons. The lowest BCUT2D eigenvalue weighted by molar-refractivity contribution is -0.126. The van der Waals surface area contributed by atoms with Crippen molar-refractivity contribution in [3.8, 4) is 5.75 Å². The molecule has 1 aliphatic rings. The number of nitrogens with two attached hydrogens (primary N) is 1. The van der Waals surface area contributed by atoms with Crippen LogP contribution in [0.1, 0.15) is 12.8 Å². The van der Waals surface area contributed by atoms with Crippen LogP contribution in [0.5, 0.6) is 5.75 Å². The van der Waals surface area contributed by atoms with E-state index in [1.54, 1.807) is 19.2 Å². The first kappa shape index (κ1) is 14.3. The molecule has 5 nitrogen and oxygen atoms in total. The fraction of sp³-hybridized carbons (Fsp3) is 0.462. The van der Waals surface area contributed by atoms with Crippen LogP contribution in [0.15, 0.2) is 22.7 Å². The monoisotopic (exact) mass is 328 g/mol. The molecule has 19 heavy (non-hydrogen) atoms. The van der Waals surface area contributed by atoms with Crippen molar-refractivity contribution in [2.24, 2.45) is 5.73 Å². The second kappa shape index (κ2) is 6.36. The van der Waals surface area contributed by atoms with Gasteiger partial charge in [0.25, 0.3) is 5.91 Å². The van der Waals surface area contributed by atoms with Gasteiger partial charge in [0.05, 0.1) is 17.7 Å². The van der Waals surface area contributed by atoms with Crippen molar-refractivity contribution in [3.05, 3.63) is 22.7 Å². The summed E-state index contributed by atoms with van der Waals surface area (Å²) in [6.45, 7) is 0.454. The quantitative estimate of drug-likeness (QED) is 0.885. The highest BCUT2D eigenvalue weighted by Gasteiger charge is 2.29. The number of benzene rings is 1. The van der Waals surface area contributed by atoms with Gasteiger partial charge in [0, 0.05) is 18.3 Å². The van der Waals surface area contributed by atoms with Crippen LogP contribution in [0.2, 0.25) is 0 Å². The molecule has 2 atom stereocenters. The standard InChI is InChI=1S/C13H17BrN2O3/c1-18-12-6-8(2-4-10(12)14)16-13(17)11-5-3-9(7-15)19-11/h2,4,6,9,11H,3,5,7,15H2,1H3,(H,16,17). The van der Waals surface area contributed by atoms with Crippen LogP contribution in [-0.4, -0.2) is 31.8 Å². The zero-order valence-corrected chi connectivity index (χ0v) is 12.3. The van der Waals surface area contributed by atoms with Crippen LogP contribution in [0.4, 0.5) is 5.69 Å². The molecule has 0 saturated carbocycles. The average Bonchev–Trinajstić information content (AvgIpc) is 2.90. The smallest absolute Gasteiger partial charge is 0.253 e. The van der Waals surface area contributed by atoms with E-state index in [0.29, 0.717) is 24.4 Å². The van der Waals surface area contributed by atoms with Gasteiger partial charge >= 0.3 is 0 Å². The molecule has 1 aromatic carbocycles. The first-order valence-electron chi connectivity index (χ1n) is 6.14. The number of rotatable bonds is 4. The summed E-state index contributed by atoms with van der Waals surface area (Å²) in [5.41, 5.74) is 6.21. The molecule has 6 heteroatoms. The van der Waals surface area contributed by atoms with Crippen LogP contribution in [0, 0.1) is 0 Å². The van der Waals surface area contributed by atoms with E-state index in [4.69, 9.17) is 15.2 Å². The van der Waals surface area contributed by atoms with Crippen molar-refractivity contribution in [1.29, 1.82) is 0 Å². The van der Waals surface area contributed by atoms with Crippen molar-refractivity contribution in [3.63, 3.8) is 0 Å². The first-order chi connectivity index (χ1) is 9.13. The van der Waals surface area contributed by atoms with E-state index in [0.717, 1.165) is 10.9 Å². The fourth-order valence-corrected chi connectivity index (χ4v) is 2.44. The average molecular weight is 329 g/mol. The summed E-state index contributed by atoms with van der Waals surface area (Å²) in [4.78, 5) is 12.0. The molecule has 0 radical (unpaired) electrons. The molecule has 1 heterocycles. The Kier molecular flexibility index (Phi) is 4.79. The Morgan fingerprint density at radius 1 is 1.58 bits per heavy atom. The first-order valence-corrected chi connectivity index (χ1v) is 6.93. The summed E-state index contributed by atoms with van der Waals surface area (Å²) >= 11 is 3.36. The van der Waals surface area contributed by atoms with Crippen LogP contribution in [0.25, 0.3) is 0 Å². The maximum atomic E-state index is 12.0. The molecule has 1 fully saturated rings. The predicted molar refractivity (Wildman–Crippen MR) is 76.3 cm³/mol. The summed E-state index contributed by atoms with van der Waals surface area (Å²) in [7, 11) is 1.58. The molecule has 0 aromatic heterocycles. The number of halogens is 1. The summed E-state index contributed by atoms with van der Waals surface area (Å²) in [5.74, 6) is 0.533. The van der Waals surface area contributed by atoms with Crippen molar-refractivity contribution >= 4 is 27.5 Å². The van der Waals surface area contributed by atoms with E-state index in [2.05, 4.69) is 21.2 Å². The lowest BCUT2D eigenvalue weighted by Gasteiger charge is -2.13. The largest absolute Gasteiger partial charge is 0.495 e. The fourth-order valence-electron chi connectivity index (χ4n) is 2.03. The normalized spacial score (nSPS) is 22.3. The van der Waals surface area contributed by atoms with Gasteiger partial charge in [-0.2, -0.15) is 0 Å². The van der Waals surface area contributed by atoms with Gasteiger partial charge in [-0.3, -0.25) is 4.79 Å². The van der Waals surface area contributed by atoms with E-state index < -0.39 is 6.10 Å². The Balaban J connectivity index is 1.99. The van der Waals surface area contributed by atoms with Gasteiger partial charge in [0.1, 0.15) is 11.9 Å². The molecule has 0 spiro atoms. The lowest BCUT2D eigenvalue weighted by atomic mass is 10.2. The number of hydrogen-bond donors (Lipinski definition) is 2. The van der Waals surface area contributed by atoms with Crippen LogP contribution >= 0.6 is 15.9 Å². The molecular formula is C13H17BrN2O3. The third-order valence-electron chi connectivity index (χ3n) is 3.08. The zero-order chi connectivity index (χ0) is 13.8. The van der Waals surface area contributed by atoms with Crippen molar-refractivity contribution in [1.82, 2.24) is 0 Å². The molecule has 2 rings (SSSR count). The van der Waals surface area contributed by atoms with E-state index >= 15 is 0 Å². The number of methoxy groups -OCH3 is 1. The predicted octanol–water partition coefficient (Wildman–Crippen LogP) is 1.90. The number of carbonyl (C=O) groups excluding carboxylic acids is 1. The molecule has 1 aliphatic heterocycles. The minimum atomic E-state index is -0.414. The van der Waals surface area contributed by atoms with Crippen molar-refractivity contribution < 1.29 is 14.3 Å². The molecule has 0 bridgehead atoms. The van der Waals surface area contributed by atoms with Crippen LogP contribution in [0.3, 0.4) is 0 Å². The number of hydrogen-bond acceptors (Lipinski definition) is 4. The Bertz CT molecular complexity index is 467. The zero-order valence-electron chi connectivity index (χ0n) is 10.7. The Labute approximate surface area is 120 Å². The van der Waals surface area contributed by atoms with Gasteiger partial charge in [0.15, 0.2) is 0 Å². The second-order valence-corrected chi connectivity index (χ2v) is 5.25. The number of amides is 1. The SMILES string of the molecule is COc1cc(NC(=O)C2CCC(CN)O2)ccc1Br. The molecule has 1 saturated heterocycles. The van der Waals surface area contributed by atoms with Crippen molar-refractivity contribution in [2.45, 2.75) is 25.0 Å². The number of ether oxygens (including phenoxy) is 2. The van der Waals surface area contributed by atoms with Gasteiger partial charge < -0.3 is 20.5 Å². The second-order valence-electron chi connectivity index (χ2n) is 4.40. The van der Waals surface area contributed by atoms with Gasteiger partial charge in [0.2, 0.25) is 0 Å². The molecule has 0 aliphatic carbocycles. The maximum absolute atomic E-state index is 12.0. The molecule has 2 unspecified atom stereocenters. The summed E-state index contributed by atoms with van der Waals surface area (Å²) in [5, 5.41) is 2.82. The van der Waals surface area contributed by atoms with E-state index in [9.17, 15) is 4.79 Å². The van der Waals surface area contributed by atoms with Gasteiger partial charge in [-0.25, -0.2) is 0 Å². The van der Waals surface area contributed by atoms with E-state index in [1.807, 2.05) is 6.07 Å². The minimum absolute atomic E-state index is 0.00444. The Morgan fingerprint density at radius 2 is 2.37 bits per heavy atom. The van der Waals surface area contributed by atoms with E-state index in [1.165, 1.54) is 0 Å².